The van der Waals surface area contributed by atoms with Gasteiger partial charge in [0.1, 0.15) is 11.6 Å². The van der Waals surface area contributed by atoms with Gasteiger partial charge in [-0.05, 0) is 82.2 Å². The number of fused-ring (bicyclic) bond motifs is 2. The molecule has 4 amide bonds. The first-order valence-electron chi connectivity index (χ1n) is 15.8. The van der Waals surface area contributed by atoms with Crippen molar-refractivity contribution in [1.82, 2.24) is 34.8 Å². The molecule has 1 saturated heterocycles. The summed E-state index contributed by atoms with van der Waals surface area (Å²) in [6.07, 6.45) is 8.53. The van der Waals surface area contributed by atoms with E-state index < -0.39 is 29.7 Å². The zero-order chi connectivity index (χ0) is 31.0. The topological polar surface area (TPSA) is 144 Å². The lowest BCUT2D eigenvalue weighted by atomic mass is 9.80. The Morgan fingerprint density at radius 2 is 1.78 bits per heavy atom. The summed E-state index contributed by atoms with van der Waals surface area (Å²) < 4.78 is 4.13. The van der Waals surface area contributed by atoms with Crippen LogP contribution in [0, 0.1) is 5.92 Å². The van der Waals surface area contributed by atoms with Crippen LogP contribution in [0.15, 0.2) is 42.7 Å². The summed E-state index contributed by atoms with van der Waals surface area (Å²) in [5, 5.41) is 15.3. The molecule has 0 bridgehead atoms. The third-order valence-corrected chi connectivity index (χ3v) is 9.56. The highest BCUT2D eigenvalue weighted by molar-refractivity contribution is 6.23. The monoisotopic (exact) mass is 606 g/mol. The van der Waals surface area contributed by atoms with E-state index in [9.17, 15) is 19.2 Å². The van der Waals surface area contributed by atoms with Crippen molar-refractivity contribution in [3.63, 3.8) is 0 Å². The number of imide groups is 2. The highest BCUT2D eigenvalue weighted by atomic mass is 16.2. The van der Waals surface area contributed by atoms with Crippen LogP contribution in [0.2, 0.25) is 0 Å². The van der Waals surface area contributed by atoms with Crippen LogP contribution in [0.3, 0.4) is 0 Å². The van der Waals surface area contributed by atoms with Gasteiger partial charge in [0.15, 0.2) is 0 Å². The lowest BCUT2D eigenvalue weighted by Crippen LogP contribution is -2.54. The van der Waals surface area contributed by atoms with E-state index in [1.807, 2.05) is 10.9 Å². The van der Waals surface area contributed by atoms with Gasteiger partial charge in [-0.2, -0.15) is 10.2 Å². The minimum atomic E-state index is -0.968. The van der Waals surface area contributed by atoms with E-state index in [4.69, 9.17) is 10.1 Å². The van der Waals surface area contributed by atoms with Crippen molar-refractivity contribution < 1.29 is 19.2 Å². The average Bonchev–Trinajstić information content (AvgIpc) is 3.52. The summed E-state index contributed by atoms with van der Waals surface area (Å²) in [6.45, 7) is 4.96. The second kappa shape index (κ2) is 10.4. The van der Waals surface area contributed by atoms with E-state index in [-0.39, 0.29) is 30.0 Å². The molecule has 2 N–H and O–H groups in total. The molecule has 45 heavy (non-hydrogen) atoms. The van der Waals surface area contributed by atoms with Crippen molar-refractivity contribution >= 4 is 40.3 Å². The van der Waals surface area contributed by atoms with Crippen LogP contribution in [0.25, 0.3) is 22.3 Å². The maximum atomic E-state index is 13.2. The smallest absolute Gasteiger partial charge is 0.262 e. The Morgan fingerprint density at radius 3 is 2.53 bits per heavy atom. The Hall–Kier alpha value is -4.87. The van der Waals surface area contributed by atoms with Crippen molar-refractivity contribution in [1.29, 1.82) is 0 Å². The number of hydrogen-bond acceptors (Lipinski definition) is 8. The van der Waals surface area contributed by atoms with E-state index >= 15 is 0 Å². The van der Waals surface area contributed by atoms with E-state index in [2.05, 4.69) is 52.6 Å². The lowest BCUT2D eigenvalue weighted by molar-refractivity contribution is -0.136. The number of benzene rings is 1. The van der Waals surface area contributed by atoms with Gasteiger partial charge in [-0.1, -0.05) is 0 Å². The highest BCUT2D eigenvalue weighted by Crippen LogP contribution is 2.46. The first-order valence-corrected chi connectivity index (χ1v) is 15.8. The fraction of sp³-hybridized carbons (Fsp3) is 0.424. The van der Waals surface area contributed by atoms with Crippen LogP contribution in [0.4, 0.5) is 5.69 Å². The van der Waals surface area contributed by atoms with Crippen LogP contribution in [-0.4, -0.2) is 65.7 Å². The van der Waals surface area contributed by atoms with Crippen LogP contribution in [0.1, 0.15) is 96.8 Å². The van der Waals surface area contributed by atoms with Gasteiger partial charge in [0.25, 0.3) is 11.8 Å². The zero-order valence-corrected chi connectivity index (χ0v) is 25.2. The summed E-state index contributed by atoms with van der Waals surface area (Å²) in [6, 6.07) is 8.93. The quantitative estimate of drug-likeness (QED) is 0.284. The van der Waals surface area contributed by atoms with Crippen molar-refractivity contribution in [2.75, 3.05) is 11.9 Å². The van der Waals surface area contributed by atoms with Gasteiger partial charge < -0.3 is 5.32 Å². The molecule has 1 unspecified atom stereocenters. The molecule has 1 aromatic carbocycles. The molecule has 2 saturated carbocycles. The van der Waals surface area contributed by atoms with Gasteiger partial charge in [-0.25, -0.2) is 4.98 Å². The molecule has 0 spiro atoms. The van der Waals surface area contributed by atoms with E-state index in [0.717, 1.165) is 70.8 Å². The maximum absolute atomic E-state index is 13.2. The maximum Gasteiger partial charge on any atom is 0.262 e. The van der Waals surface area contributed by atoms with Crippen molar-refractivity contribution in [3.8, 4) is 11.3 Å². The molecule has 5 heterocycles. The first-order chi connectivity index (χ1) is 21.7. The van der Waals surface area contributed by atoms with Crippen molar-refractivity contribution in [2.45, 2.75) is 76.4 Å². The Morgan fingerprint density at radius 1 is 0.978 bits per heavy atom. The number of piperidine rings is 1. The second-order valence-electron chi connectivity index (χ2n) is 13.0. The largest absolute Gasteiger partial charge is 0.385 e. The number of carbonyl (C=O) groups is 4. The van der Waals surface area contributed by atoms with Crippen LogP contribution >= 0.6 is 0 Å². The summed E-state index contributed by atoms with van der Waals surface area (Å²) in [7, 11) is 0. The lowest BCUT2D eigenvalue weighted by Gasteiger charge is -2.35. The third kappa shape index (κ3) is 4.70. The molecule has 2 aliphatic heterocycles. The molecule has 0 radical (unpaired) electrons. The van der Waals surface area contributed by atoms with Crippen molar-refractivity contribution in [3.05, 3.63) is 59.5 Å². The molecule has 12 heteroatoms. The molecular formula is C33H34N8O4. The predicted molar refractivity (Wildman–Crippen MR) is 164 cm³/mol. The summed E-state index contributed by atoms with van der Waals surface area (Å²) in [5.41, 5.74) is 6.44. The zero-order valence-electron chi connectivity index (χ0n) is 25.2. The van der Waals surface area contributed by atoms with Crippen LogP contribution < -0.4 is 10.6 Å². The Balaban J connectivity index is 0.923. The predicted octanol–water partition coefficient (Wildman–Crippen LogP) is 4.22. The minimum absolute atomic E-state index is 0.0955. The molecule has 4 aliphatic rings. The number of aromatic nitrogens is 5. The fourth-order valence-corrected chi connectivity index (χ4v) is 6.87. The summed E-state index contributed by atoms with van der Waals surface area (Å²) in [5.74, 6) is -1.06. The Labute approximate surface area is 259 Å². The van der Waals surface area contributed by atoms with Gasteiger partial charge in [0.2, 0.25) is 11.8 Å². The fourth-order valence-electron chi connectivity index (χ4n) is 6.87. The number of anilines is 1. The molecule has 3 fully saturated rings. The molecule has 12 nitrogen and oxygen atoms in total. The number of carbonyl (C=O) groups excluding carboxylic acids is 4. The number of nitrogens with one attached hydrogen (secondary N) is 2. The highest BCUT2D eigenvalue weighted by Gasteiger charge is 2.44. The number of nitrogens with zero attached hydrogens (tertiary/aromatic N) is 6. The number of rotatable bonds is 8. The first kappa shape index (κ1) is 27.7. The Bertz CT molecular complexity index is 1900. The van der Waals surface area contributed by atoms with E-state index in [1.165, 1.54) is 0 Å². The molecule has 1 atom stereocenters. The molecule has 3 aromatic heterocycles. The molecule has 4 aromatic rings. The van der Waals surface area contributed by atoms with Crippen molar-refractivity contribution in [2.24, 2.45) is 5.92 Å². The van der Waals surface area contributed by atoms with Crippen LogP contribution in [-0.2, 0) is 9.59 Å². The third-order valence-electron chi connectivity index (χ3n) is 9.56. The SMILES string of the molecule is CC(C)n1ncc2nc(-c3cn(C4CC(CNc5ccc6c(c5)C(=O)N(C5CCC(=O)NC5=O)C6=O)C4)nc3C3CC3)ccc21. The van der Waals surface area contributed by atoms with Crippen LogP contribution in [0.5, 0.6) is 0 Å². The minimum Gasteiger partial charge on any atom is -0.385 e. The number of hydrogen-bond donors (Lipinski definition) is 2. The normalized spacial score (nSPS) is 23.1. The summed E-state index contributed by atoms with van der Waals surface area (Å²) >= 11 is 0. The van der Waals surface area contributed by atoms with Gasteiger partial charge in [-0.15, -0.1) is 0 Å². The van der Waals surface area contributed by atoms with E-state index in [0.29, 0.717) is 17.9 Å². The van der Waals surface area contributed by atoms with Gasteiger partial charge in [0, 0.05) is 42.4 Å². The second-order valence-corrected chi connectivity index (χ2v) is 13.0. The molecule has 230 valence electrons. The average molecular weight is 607 g/mol. The van der Waals surface area contributed by atoms with Gasteiger partial charge in [0.05, 0.1) is 40.3 Å². The molecular weight excluding hydrogens is 572 g/mol. The Kier molecular flexibility index (Phi) is 6.36. The molecule has 2 aliphatic carbocycles. The number of amides is 4. The summed E-state index contributed by atoms with van der Waals surface area (Å²) in [4.78, 5) is 56.0. The van der Waals surface area contributed by atoms with Gasteiger partial charge >= 0.3 is 0 Å². The van der Waals surface area contributed by atoms with E-state index in [1.54, 1.807) is 18.2 Å². The molecule has 8 rings (SSSR count). The number of pyridine rings is 1. The van der Waals surface area contributed by atoms with Gasteiger partial charge in [-0.3, -0.25) is 38.8 Å². The standard InChI is InChI=1S/C33H34N8O4/c1-17(2)41-27-8-7-25(36-26(27)15-35-41)24-16-39(38-30(24)19-3-4-19)21-11-18(12-21)14-34-20-5-6-22-23(13-20)33(45)40(32(22)44)28-9-10-29(42)37-31(28)43/h5-8,13,15-19,21,28,34H,3-4,9-12,14H2,1-2H3,(H,37,42,43).